The van der Waals surface area contributed by atoms with Crippen LogP contribution in [0.1, 0.15) is 17.5 Å². The molecule has 2 aliphatic rings. The molecule has 2 aromatic carbocycles. The molecule has 0 aromatic heterocycles. The number of piperazine rings is 1. The zero-order chi connectivity index (χ0) is 23.5. The first-order chi connectivity index (χ1) is 15.8. The van der Waals surface area contributed by atoms with Crippen molar-refractivity contribution in [2.45, 2.75) is 19.4 Å². The third-order valence-corrected chi connectivity index (χ3v) is 7.82. The van der Waals surface area contributed by atoms with Crippen molar-refractivity contribution in [3.05, 3.63) is 64.4 Å². The molecule has 0 aliphatic carbocycles. The van der Waals surface area contributed by atoms with Crippen molar-refractivity contribution in [1.29, 1.82) is 0 Å². The summed E-state index contributed by atoms with van der Waals surface area (Å²) in [4.78, 5) is 2.28. The predicted octanol–water partition coefficient (Wildman–Crippen LogP) is 5.08. The summed E-state index contributed by atoms with van der Waals surface area (Å²) in [6, 6.07) is 12.3. The number of halogens is 4. The Hall–Kier alpha value is -2.20. The Bertz CT molecular complexity index is 1080. The molecular formula is C23H25ClF3N5S. The van der Waals surface area contributed by atoms with Gasteiger partial charge >= 0.3 is 0 Å². The van der Waals surface area contributed by atoms with Crippen molar-refractivity contribution in [2.24, 2.45) is 10.2 Å². The van der Waals surface area contributed by atoms with E-state index >= 15 is 0 Å². The van der Waals surface area contributed by atoms with Gasteiger partial charge in [0.2, 0.25) is 0 Å². The van der Waals surface area contributed by atoms with Gasteiger partial charge in [-0.25, -0.2) is 17.5 Å². The van der Waals surface area contributed by atoms with Crippen LogP contribution < -0.4 is 4.31 Å². The van der Waals surface area contributed by atoms with Crippen molar-refractivity contribution in [1.82, 2.24) is 9.21 Å². The summed E-state index contributed by atoms with van der Waals surface area (Å²) in [7, 11) is 1.59. The van der Waals surface area contributed by atoms with Crippen LogP contribution in [0.4, 0.5) is 18.9 Å². The monoisotopic (exact) mass is 495 g/mol. The SMILES string of the molecule is C=S(N1CCN(C)CC1)N(Cc1ccc(C2=NN=C(C(F)F)C2)cc1)c1ccc(F)c(Cl)c1. The van der Waals surface area contributed by atoms with Crippen LogP contribution in [0.2, 0.25) is 5.02 Å². The number of likely N-dealkylation sites (N-methyl/N-ethyl adjacent to an activating group) is 1. The lowest BCUT2D eigenvalue weighted by Crippen LogP contribution is -2.43. The topological polar surface area (TPSA) is 34.4 Å². The highest BCUT2D eigenvalue weighted by Gasteiger charge is 2.23. The highest BCUT2D eigenvalue weighted by atomic mass is 35.5. The van der Waals surface area contributed by atoms with Gasteiger partial charge in [0.15, 0.2) is 0 Å². The molecule has 33 heavy (non-hydrogen) atoms. The molecule has 2 aromatic rings. The second kappa shape index (κ2) is 10.4. The van der Waals surface area contributed by atoms with E-state index in [0.29, 0.717) is 12.3 Å². The largest absolute Gasteiger partial charge is 0.306 e. The average molecular weight is 496 g/mol. The third kappa shape index (κ3) is 5.66. The molecule has 0 N–H and O–H groups in total. The third-order valence-electron chi connectivity index (χ3n) is 5.72. The Morgan fingerprint density at radius 3 is 2.39 bits per heavy atom. The van der Waals surface area contributed by atoms with Crippen LogP contribution in [0.15, 0.2) is 52.7 Å². The lowest BCUT2D eigenvalue weighted by atomic mass is 10.0. The minimum absolute atomic E-state index is 0.0585. The minimum atomic E-state index is -2.59. The highest BCUT2D eigenvalue weighted by molar-refractivity contribution is 8.13. The smallest absolute Gasteiger partial charge is 0.278 e. The molecule has 1 saturated heterocycles. The van der Waals surface area contributed by atoms with Gasteiger partial charge < -0.3 is 9.21 Å². The second-order valence-corrected chi connectivity index (χ2v) is 10.1. The van der Waals surface area contributed by atoms with Crippen LogP contribution >= 0.6 is 22.5 Å². The standard InChI is InChI=1S/C23H25ClF3N5S/c1-30-9-11-31(12-10-30)33(2)32(18-7-8-20(25)19(24)13-18)15-16-3-5-17(6-4-16)21-14-22(23(26)27)29-28-21/h3-8,13,23H,2,9-12,14-15H2,1H3. The minimum Gasteiger partial charge on any atom is -0.306 e. The molecule has 1 atom stereocenters. The van der Waals surface area contributed by atoms with Gasteiger partial charge in [0.05, 0.1) is 17.3 Å². The first kappa shape index (κ1) is 23.9. The summed E-state index contributed by atoms with van der Waals surface area (Å²) >= 11 is 6.08. The summed E-state index contributed by atoms with van der Waals surface area (Å²) in [5, 5.41) is 7.56. The van der Waals surface area contributed by atoms with E-state index in [1.807, 2.05) is 24.3 Å². The summed E-state index contributed by atoms with van der Waals surface area (Å²) < 4.78 is 43.9. The number of anilines is 1. The molecule has 1 unspecified atom stereocenters. The maximum atomic E-state index is 13.8. The van der Waals surface area contributed by atoms with Crippen molar-refractivity contribution in [2.75, 3.05) is 37.5 Å². The Labute approximate surface area is 199 Å². The zero-order valence-electron chi connectivity index (χ0n) is 18.2. The van der Waals surface area contributed by atoms with Gasteiger partial charge in [-0.3, -0.25) is 0 Å². The molecule has 2 aliphatic heterocycles. The van der Waals surface area contributed by atoms with Gasteiger partial charge in [-0.2, -0.15) is 10.2 Å². The Morgan fingerprint density at radius 1 is 1.09 bits per heavy atom. The number of benzene rings is 2. The second-order valence-electron chi connectivity index (χ2n) is 8.02. The number of alkyl halides is 2. The van der Waals surface area contributed by atoms with Crippen molar-refractivity contribution in [3.8, 4) is 0 Å². The van der Waals surface area contributed by atoms with Crippen LogP contribution in [-0.2, 0) is 6.54 Å². The molecule has 0 saturated carbocycles. The molecule has 0 radical (unpaired) electrons. The van der Waals surface area contributed by atoms with E-state index in [4.69, 9.17) is 11.6 Å². The number of hydrogen-bond donors (Lipinski definition) is 0. The lowest BCUT2D eigenvalue weighted by molar-refractivity contribution is 0.224. The van der Waals surface area contributed by atoms with Gasteiger partial charge in [-0.15, -0.1) is 0 Å². The van der Waals surface area contributed by atoms with E-state index in [0.717, 1.165) is 43.0 Å². The Morgan fingerprint density at radius 2 is 1.79 bits per heavy atom. The first-order valence-electron chi connectivity index (χ1n) is 10.5. The fourth-order valence-corrected chi connectivity index (χ4v) is 5.38. The van der Waals surface area contributed by atoms with Crippen LogP contribution in [0.25, 0.3) is 0 Å². The first-order valence-corrected chi connectivity index (χ1v) is 12.2. The highest BCUT2D eigenvalue weighted by Crippen LogP contribution is 2.34. The summed E-state index contributed by atoms with van der Waals surface area (Å²) in [5.41, 5.74) is 2.89. The maximum Gasteiger partial charge on any atom is 0.278 e. The Kier molecular flexibility index (Phi) is 7.53. The van der Waals surface area contributed by atoms with Gasteiger partial charge in [0.25, 0.3) is 6.43 Å². The van der Waals surface area contributed by atoms with Crippen molar-refractivity contribution in [3.63, 3.8) is 0 Å². The van der Waals surface area contributed by atoms with Crippen molar-refractivity contribution >= 4 is 45.4 Å². The van der Waals surface area contributed by atoms with E-state index in [-0.39, 0.29) is 17.2 Å². The zero-order valence-corrected chi connectivity index (χ0v) is 19.8. The van der Waals surface area contributed by atoms with Gasteiger partial charge in [0.1, 0.15) is 11.5 Å². The molecule has 0 amide bonds. The molecule has 10 heteroatoms. The van der Waals surface area contributed by atoms with Crippen LogP contribution in [-0.4, -0.2) is 66.2 Å². The number of hydrogen-bond acceptors (Lipinski definition) is 5. The van der Waals surface area contributed by atoms with Gasteiger partial charge in [-0.05, 0) is 53.1 Å². The fraction of sp³-hybridized carbons (Fsp3) is 0.348. The molecule has 2 heterocycles. The molecular weight excluding hydrogens is 471 g/mol. The van der Waals surface area contributed by atoms with Crippen LogP contribution in [0.5, 0.6) is 0 Å². The van der Waals surface area contributed by atoms with Gasteiger partial charge in [0, 0.05) is 38.3 Å². The summed E-state index contributed by atoms with van der Waals surface area (Å²) in [5.74, 6) is 3.97. The quantitative estimate of drug-likeness (QED) is 0.502. The van der Waals surface area contributed by atoms with E-state index in [2.05, 4.69) is 36.6 Å². The van der Waals surface area contributed by atoms with E-state index in [1.54, 1.807) is 12.1 Å². The molecule has 0 spiro atoms. The molecule has 1 fully saturated rings. The lowest BCUT2D eigenvalue weighted by Gasteiger charge is -2.39. The van der Waals surface area contributed by atoms with Crippen LogP contribution in [0.3, 0.4) is 0 Å². The predicted molar refractivity (Wildman–Crippen MR) is 132 cm³/mol. The van der Waals surface area contributed by atoms with Crippen molar-refractivity contribution < 1.29 is 13.2 Å². The van der Waals surface area contributed by atoms with Crippen LogP contribution in [0, 0.1) is 5.82 Å². The van der Waals surface area contributed by atoms with E-state index < -0.39 is 23.1 Å². The number of nitrogens with zero attached hydrogens (tertiary/aromatic N) is 5. The van der Waals surface area contributed by atoms with E-state index in [1.165, 1.54) is 6.07 Å². The normalized spacial score (nSPS) is 18.4. The average Bonchev–Trinajstić information content (AvgIpc) is 3.31. The molecule has 4 rings (SSSR count). The van der Waals surface area contributed by atoms with Gasteiger partial charge in [-0.1, -0.05) is 35.9 Å². The molecule has 176 valence electrons. The Balaban J connectivity index is 1.54. The maximum absolute atomic E-state index is 13.8. The summed E-state index contributed by atoms with van der Waals surface area (Å²) in [6.45, 7) is 4.22. The summed E-state index contributed by atoms with van der Waals surface area (Å²) in [6.07, 6.45) is -2.53. The van der Waals surface area contributed by atoms with E-state index in [9.17, 15) is 13.2 Å². The fourth-order valence-electron chi connectivity index (χ4n) is 3.68. The molecule has 0 bridgehead atoms. The number of rotatable bonds is 7. The molecule has 5 nitrogen and oxygen atoms in total.